The molecule has 1 aromatic carbocycles. The number of aromatic nitrogens is 2. The number of nitrogens with zero attached hydrogens (tertiary/aromatic N) is 2. The van der Waals surface area contributed by atoms with Crippen LogP contribution in [0.15, 0.2) is 56.2 Å². The second-order valence-corrected chi connectivity index (χ2v) is 10.3. The molecule has 0 aliphatic heterocycles. The summed E-state index contributed by atoms with van der Waals surface area (Å²) in [4.78, 5) is 19.6. The fraction of sp³-hybridized carbons (Fsp3) is 0.118. The zero-order chi connectivity index (χ0) is 22.8. The molecule has 7 nitrogen and oxygen atoms in total. The molecule has 0 unspecified atom stereocenters. The lowest BCUT2D eigenvalue weighted by atomic mass is 10.2. The molecular weight excluding hydrogens is 497 g/mol. The molecule has 1 amide bonds. The van der Waals surface area contributed by atoms with Crippen LogP contribution in [0, 0.1) is 0 Å². The van der Waals surface area contributed by atoms with Crippen molar-refractivity contribution in [3.8, 4) is 0 Å². The van der Waals surface area contributed by atoms with Crippen molar-refractivity contribution in [3.05, 3.63) is 52.5 Å². The van der Waals surface area contributed by atoms with Crippen LogP contribution in [0.3, 0.4) is 0 Å². The third-order valence-electron chi connectivity index (χ3n) is 3.70. The summed E-state index contributed by atoms with van der Waals surface area (Å²) < 4.78 is 63.8. The Balaban J connectivity index is 1.67. The lowest BCUT2D eigenvalue weighted by Crippen LogP contribution is -2.15. The average Bonchev–Trinajstić information content (AvgIpc) is 3.22. The number of hydrogen-bond donors (Lipinski definition) is 2. The molecule has 0 spiro atoms. The van der Waals surface area contributed by atoms with E-state index in [1.807, 2.05) is 0 Å². The number of thiophene rings is 1. The molecule has 0 atom stereocenters. The van der Waals surface area contributed by atoms with E-state index in [0.29, 0.717) is 0 Å². The molecule has 3 N–H and O–H groups in total. The van der Waals surface area contributed by atoms with Crippen molar-refractivity contribution in [2.75, 3.05) is 16.8 Å². The van der Waals surface area contributed by atoms with Crippen LogP contribution < -0.4 is 11.1 Å². The van der Waals surface area contributed by atoms with Gasteiger partial charge in [0, 0.05) is 5.69 Å². The Bertz CT molecular complexity index is 1220. The van der Waals surface area contributed by atoms with Gasteiger partial charge in [-0.15, -0.1) is 11.3 Å². The number of hydrogen-bond acceptors (Lipinski definition) is 8. The summed E-state index contributed by atoms with van der Waals surface area (Å²) in [5.41, 5.74) is 4.60. The molecule has 31 heavy (non-hydrogen) atoms. The first kappa shape index (κ1) is 23.3. The predicted molar refractivity (Wildman–Crippen MR) is 112 cm³/mol. The summed E-state index contributed by atoms with van der Waals surface area (Å²) in [5.74, 6) is -1.16. The van der Waals surface area contributed by atoms with Gasteiger partial charge < -0.3 is 11.1 Å². The highest BCUT2D eigenvalue weighted by molar-refractivity contribution is 7.99. The molecule has 2 aromatic heterocycles. The molecule has 14 heteroatoms. The van der Waals surface area contributed by atoms with Crippen molar-refractivity contribution in [3.63, 3.8) is 0 Å². The molecule has 0 saturated carbocycles. The Labute approximate surface area is 187 Å². The number of thioether (sulfide) groups is 1. The van der Waals surface area contributed by atoms with Crippen LogP contribution in [0.2, 0.25) is 5.02 Å². The second kappa shape index (κ2) is 9.02. The van der Waals surface area contributed by atoms with Crippen LogP contribution in [0.4, 0.5) is 24.7 Å². The predicted octanol–water partition coefficient (Wildman–Crippen LogP) is 4.36. The highest BCUT2D eigenvalue weighted by atomic mass is 35.5. The smallest absolute Gasteiger partial charge is 0.382 e. The summed E-state index contributed by atoms with van der Waals surface area (Å²) in [6, 6.07) is 6.00. The van der Waals surface area contributed by atoms with Gasteiger partial charge in [0.1, 0.15) is 14.9 Å². The number of anilines is 2. The van der Waals surface area contributed by atoms with Crippen molar-refractivity contribution >= 4 is 61.9 Å². The summed E-state index contributed by atoms with van der Waals surface area (Å²) >= 11 is 7.40. The van der Waals surface area contributed by atoms with Gasteiger partial charge in [-0.05, 0) is 29.6 Å². The van der Waals surface area contributed by atoms with E-state index in [9.17, 15) is 26.4 Å². The van der Waals surface area contributed by atoms with Gasteiger partial charge in [-0.3, -0.25) is 4.79 Å². The topological polar surface area (TPSA) is 115 Å². The van der Waals surface area contributed by atoms with Crippen LogP contribution in [0.5, 0.6) is 0 Å². The number of nitrogens with two attached hydrogens (primary N) is 1. The molecular formula is C17H12ClF3N4O3S3. The SMILES string of the molecule is Nc1nc(SCC(=O)Nc2ccc(Cl)c(C(F)(F)F)c2)ncc1S(=O)(=O)c1cccs1. The first-order valence-electron chi connectivity index (χ1n) is 8.19. The van der Waals surface area contributed by atoms with E-state index in [1.54, 1.807) is 11.4 Å². The minimum atomic E-state index is -4.66. The quantitative estimate of drug-likeness (QED) is 0.375. The van der Waals surface area contributed by atoms with Gasteiger partial charge in [-0.2, -0.15) is 13.2 Å². The number of amides is 1. The first-order chi connectivity index (χ1) is 14.5. The minimum Gasteiger partial charge on any atom is -0.382 e. The van der Waals surface area contributed by atoms with Gasteiger partial charge in [0.25, 0.3) is 0 Å². The van der Waals surface area contributed by atoms with E-state index in [0.717, 1.165) is 41.4 Å². The molecule has 3 rings (SSSR count). The summed E-state index contributed by atoms with van der Waals surface area (Å²) in [6.07, 6.45) is -3.62. The Kier molecular flexibility index (Phi) is 6.79. The van der Waals surface area contributed by atoms with E-state index < -0.39 is 32.5 Å². The lowest BCUT2D eigenvalue weighted by Gasteiger charge is -2.11. The Morgan fingerprint density at radius 2 is 2.03 bits per heavy atom. The number of nitrogens with one attached hydrogen (secondary N) is 1. The average molecular weight is 509 g/mol. The fourth-order valence-electron chi connectivity index (χ4n) is 2.32. The zero-order valence-corrected chi connectivity index (χ0v) is 18.4. The summed E-state index contributed by atoms with van der Waals surface area (Å²) in [7, 11) is -3.86. The van der Waals surface area contributed by atoms with Crippen LogP contribution >= 0.6 is 34.7 Å². The monoisotopic (exact) mass is 508 g/mol. The standard InChI is InChI=1S/C17H12ClF3N4O3S3/c18-11-4-3-9(6-10(11)17(19,20)21)24-13(26)8-30-16-23-7-12(15(22)25-16)31(27,28)14-2-1-5-29-14/h1-7H,8H2,(H,24,26)(H2,22,23,25). The van der Waals surface area contributed by atoms with Gasteiger partial charge in [-0.25, -0.2) is 18.4 Å². The van der Waals surface area contributed by atoms with E-state index >= 15 is 0 Å². The molecule has 0 fully saturated rings. The van der Waals surface area contributed by atoms with Crippen LogP contribution in [0.25, 0.3) is 0 Å². The number of sulfone groups is 1. The third-order valence-corrected chi connectivity index (χ3v) is 8.06. The number of nitrogen functional groups attached to an aromatic ring is 1. The maximum Gasteiger partial charge on any atom is 0.417 e. The van der Waals surface area contributed by atoms with Gasteiger partial charge >= 0.3 is 6.18 Å². The number of alkyl halides is 3. The number of benzene rings is 1. The third kappa shape index (κ3) is 5.47. The largest absolute Gasteiger partial charge is 0.417 e. The highest BCUT2D eigenvalue weighted by Crippen LogP contribution is 2.36. The number of halogens is 4. The lowest BCUT2D eigenvalue weighted by molar-refractivity contribution is -0.137. The fourth-order valence-corrected chi connectivity index (χ4v) is 5.54. The summed E-state index contributed by atoms with van der Waals surface area (Å²) in [5, 5.41) is 3.47. The van der Waals surface area contributed by atoms with E-state index in [1.165, 1.54) is 12.1 Å². The van der Waals surface area contributed by atoms with Crippen LogP contribution in [-0.2, 0) is 20.8 Å². The van der Waals surface area contributed by atoms with Gasteiger partial charge in [0.15, 0.2) is 5.16 Å². The minimum absolute atomic E-state index is 0.0323. The number of rotatable bonds is 6. The van der Waals surface area contributed by atoms with Crippen LogP contribution in [0.1, 0.15) is 5.56 Å². The van der Waals surface area contributed by atoms with Gasteiger partial charge in [0.05, 0.1) is 22.5 Å². The number of carbonyl (C=O) groups is 1. The van der Waals surface area contributed by atoms with Crippen molar-refractivity contribution in [1.82, 2.24) is 9.97 Å². The maximum atomic E-state index is 12.9. The van der Waals surface area contributed by atoms with Crippen molar-refractivity contribution in [2.24, 2.45) is 0 Å². The van der Waals surface area contributed by atoms with Gasteiger partial charge in [0.2, 0.25) is 15.7 Å². The van der Waals surface area contributed by atoms with Gasteiger partial charge in [-0.1, -0.05) is 29.4 Å². The second-order valence-electron chi connectivity index (χ2n) is 5.87. The molecule has 0 radical (unpaired) electrons. The maximum absolute atomic E-state index is 12.9. The van der Waals surface area contributed by atoms with Crippen molar-refractivity contribution in [2.45, 2.75) is 20.4 Å². The molecule has 164 valence electrons. The number of carbonyl (C=O) groups excluding carboxylic acids is 1. The first-order valence-corrected chi connectivity index (χ1v) is 11.9. The normalized spacial score (nSPS) is 12.0. The van der Waals surface area contributed by atoms with E-state index in [4.69, 9.17) is 17.3 Å². The molecule has 0 saturated heterocycles. The molecule has 3 aromatic rings. The van der Waals surface area contributed by atoms with Crippen molar-refractivity contribution < 1.29 is 26.4 Å². The molecule has 0 aliphatic rings. The Morgan fingerprint density at radius 1 is 1.29 bits per heavy atom. The Hall–Kier alpha value is -2.35. The molecule has 0 aliphatic carbocycles. The summed E-state index contributed by atoms with van der Waals surface area (Å²) in [6.45, 7) is 0. The van der Waals surface area contributed by atoms with Crippen molar-refractivity contribution in [1.29, 1.82) is 0 Å². The van der Waals surface area contributed by atoms with E-state index in [-0.39, 0.29) is 31.5 Å². The Morgan fingerprint density at radius 3 is 2.65 bits per heavy atom. The highest BCUT2D eigenvalue weighted by Gasteiger charge is 2.33. The van der Waals surface area contributed by atoms with Crippen LogP contribution in [-0.4, -0.2) is 30.0 Å². The zero-order valence-electron chi connectivity index (χ0n) is 15.2. The van der Waals surface area contributed by atoms with E-state index in [2.05, 4.69) is 15.3 Å². The molecule has 2 heterocycles. The molecule has 0 bridgehead atoms.